The van der Waals surface area contributed by atoms with Crippen LogP contribution in [0.3, 0.4) is 0 Å². The van der Waals surface area contributed by atoms with E-state index in [-0.39, 0.29) is 5.60 Å². The molecule has 1 fully saturated rings. The third-order valence-corrected chi connectivity index (χ3v) is 4.36. The van der Waals surface area contributed by atoms with Crippen molar-refractivity contribution in [2.45, 2.75) is 31.9 Å². The van der Waals surface area contributed by atoms with Crippen LogP contribution in [-0.2, 0) is 4.74 Å². The Kier molecular flexibility index (Phi) is 5.56. The number of hydrogen-bond donors (Lipinski definition) is 1. The monoisotopic (exact) mass is 292 g/mol. The van der Waals surface area contributed by atoms with Gasteiger partial charge in [-0.15, -0.1) is 0 Å². The first-order valence-electron chi connectivity index (χ1n) is 7.71. The van der Waals surface area contributed by atoms with Crippen molar-refractivity contribution in [1.29, 1.82) is 0 Å². The number of ether oxygens (including phenoxy) is 1. The van der Waals surface area contributed by atoms with Gasteiger partial charge in [-0.1, -0.05) is 6.07 Å². The van der Waals surface area contributed by atoms with Crippen LogP contribution in [0.2, 0.25) is 0 Å². The Morgan fingerprint density at radius 3 is 2.52 bits per heavy atom. The first kappa shape index (κ1) is 16.2. The minimum Gasteiger partial charge on any atom is -0.379 e. The zero-order valence-corrected chi connectivity index (χ0v) is 13.5. The molecule has 5 nitrogen and oxygen atoms in total. The van der Waals surface area contributed by atoms with Crippen LogP contribution in [0.15, 0.2) is 24.4 Å². The maximum atomic E-state index is 5.99. The molecule has 2 rings (SSSR count). The molecule has 0 aliphatic carbocycles. The predicted octanol–water partition coefficient (Wildman–Crippen LogP) is 1.35. The Balaban J connectivity index is 1.90. The summed E-state index contributed by atoms with van der Waals surface area (Å²) in [6.45, 7) is 8.98. The third kappa shape index (κ3) is 4.40. The van der Waals surface area contributed by atoms with Crippen molar-refractivity contribution < 1.29 is 4.74 Å². The molecule has 2 heterocycles. The van der Waals surface area contributed by atoms with E-state index in [0.29, 0.717) is 12.6 Å². The van der Waals surface area contributed by atoms with Crippen LogP contribution in [0.5, 0.6) is 0 Å². The Bertz CT molecular complexity index is 416. The fourth-order valence-electron chi connectivity index (χ4n) is 2.87. The Hall–Kier alpha value is -1.17. The molecule has 0 aromatic carbocycles. The molecule has 0 radical (unpaired) electrons. The molecular weight excluding hydrogens is 264 g/mol. The summed E-state index contributed by atoms with van der Waals surface area (Å²) >= 11 is 0. The van der Waals surface area contributed by atoms with Gasteiger partial charge in [-0.2, -0.15) is 0 Å². The van der Waals surface area contributed by atoms with Gasteiger partial charge in [0.2, 0.25) is 0 Å². The van der Waals surface area contributed by atoms with Gasteiger partial charge in [0.15, 0.2) is 0 Å². The lowest BCUT2D eigenvalue weighted by Crippen LogP contribution is -2.54. The number of nitrogens with two attached hydrogens (primary N) is 1. The number of hydrogen-bond acceptors (Lipinski definition) is 5. The summed E-state index contributed by atoms with van der Waals surface area (Å²) in [5.74, 6) is 1.07. The summed E-state index contributed by atoms with van der Waals surface area (Å²) in [5.41, 5.74) is 5.87. The third-order valence-electron chi connectivity index (χ3n) is 4.36. The molecule has 1 aliphatic rings. The van der Waals surface area contributed by atoms with E-state index in [1.807, 2.05) is 18.3 Å². The quantitative estimate of drug-likeness (QED) is 0.857. The molecule has 0 bridgehead atoms. The van der Waals surface area contributed by atoms with E-state index in [2.05, 4.69) is 34.7 Å². The zero-order valence-electron chi connectivity index (χ0n) is 13.5. The molecule has 0 spiro atoms. The summed E-state index contributed by atoms with van der Waals surface area (Å²) < 4.78 is 5.55. The minimum atomic E-state index is -0.123. The van der Waals surface area contributed by atoms with Crippen molar-refractivity contribution in [1.82, 2.24) is 9.88 Å². The molecular formula is C16H28N4O. The average molecular weight is 292 g/mol. The zero-order chi connectivity index (χ0) is 15.3. The van der Waals surface area contributed by atoms with E-state index in [1.165, 1.54) is 0 Å². The highest BCUT2D eigenvalue weighted by molar-refractivity contribution is 5.38. The lowest BCUT2D eigenvalue weighted by atomic mass is 9.97. The molecule has 1 aliphatic heterocycles. The average Bonchev–Trinajstić information content (AvgIpc) is 2.54. The highest BCUT2D eigenvalue weighted by atomic mass is 16.5. The van der Waals surface area contributed by atoms with Crippen molar-refractivity contribution in [3.8, 4) is 0 Å². The van der Waals surface area contributed by atoms with Crippen LogP contribution in [0.1, 0.15) is 20.3 Å². The molecule has 118 valence electrons. The Morgan fingerprint density at radius 1 is 1.29 bits per heavy atom. The first-order chi connectivity index (χ1) is 10.1. The van der Waals surface area contributed by atoms with E-state index >= 15 is 0 Å². The van der Waals surface area contributed by atoms with Crippen molar-refractivity contribution in [3.63, 3.8) is 0 Å². The van der Waals surface area contributed by atoms with E-state index in [9.17, 15) is 0 Å². The fourth-order valence-corrected chi connectivity index (χ4v) is 2.87. The fraction of sp³-hybridized carbons (Fsp3) is 0.688. The molecule has 1 unspecified atom stereocenters. The predicted molar refractivity (Wildman–Crippen MR) is 86.6 cm³/mol. The van der Waals surface area contributed by atoms with Gasteiger partial charge in [-0.25, -0.2) is 4.98 Å². The van der Waals surface area contributed by atoms with Crippen LogP contribution >= 0.6 is 0 Å². The SMILES string of the molecule is COC(C)(C)CC(CN)N1CCN(c2ccccn2)CC1. The van der Waals surface area contributed by atoms with Crippen LogP contribution in [0.4, 0.5) is 5.82 Å². The molecule has 1 atom stereocenters. The highest BCUT2D eigenvalue weighted by Gasteiger charge is 2.28. The largest absolute Gasteiger partial charge is 0.379 e. The first-order valence-corrected chi connectivity index (χ1v) is 7.71. The summed E-state index contributed by atoms with van der Waals surface area (Å²) in [6.07, 6.45) is 2.81. The standard InChI is InChI=1S/C16H28N4O/c1-16(2,21-3)12-14(13-17)19-8-10-20(11-9-19)15-6-4-5-7-18-15/h4-7,14H,8-13,17H2,1-3H3. The summed E-state index contributed by atoms with van der Waals surface area (Å²) in [7, 11) is 1.77. The van der Waals surface area contributed by atoms with Crippen molar-refractivity contribution in [3.05, 3.63) is 24.4 Å². The minimum absolute atomic E-state index is 0.123. The molecule has 0 saturated carbocycles. The van der Waals surface area contributed by atoms with Crippen LogP contribution in [0.25, 0.3) is 0 Å². The van der Waals surface area contributed by atoms with Gasteiger partial charge in [0, 0.05) is 52.1 Å². The molecule has 1 aromatic heterocycles. The number of anilines is 1. The Morgan fingerprint density at radius 2 is 2.00 bits per heavy atom. The van der Waals surface area contributed by atoms with Gasteiger partial charge < -0.3 is 15.4 Å². The van der Waals surface area contributed by atoms with Gasteiger partial charge in [-0.05, 0) is 32.4 Å². The van der Waals surface area contributed by atoms with Gasteiger partial charge in [0.1, 0.15) is 5.82 Å². The molecule has 2 N–H and O–H groups in total. The molecule has 1 saturated heterocycles. The Labute approximate surface area is 128 Å². The van der Waals surface area contributed by atoms with Crippen molar-refractivity contribution >= 4 is 5.82 Å². The van der Waals surface area contributed by atoms with Crippen molar-refractivity contribution in [2.75, 3.05) is 44.7 Å². The van der Waals surface area contributed by atoms with E-state index in [1.54, 1.807) is 7.11 Å². The number of aromatic nitrogens is 1. The lowest BCUT2D eigenvalue weighted by molar-refractivity contribution is -0.00832. The topological polar surface area (TPSA) is 54.6 Å². The number of pyridine rings is 1. The molecule has 21 heavy (non-hydrogen) atoms. The highest BCUT2D eigenvalue weighted by Crippen LogP contribution is 2.21. The summed E-state index contributed by atoms with van der Waals surface area (Å²) in [4.78, 5) is 9.25. The summed E-state index contributed by atoms with van der Waals surface area (Å²) in [6, 6.07) is 6.45. The van der Waals surface area contributed by atoms with Crippen LogP contribution in [-0.4, -0.2) is 61.4 Å². The van der Waals surface area contributed by atoms with E-state index in [4.69, 9.17) is 10.5 Å². The van der Waals surface area contributed by atoms with E-state index in [0.717, 1.165) is 38.4 Å². The molecule has 1 aromatic rings. The van der Waals surface area contributed by atoms with Gasteiger partial charge in [-0.3, -0.25) is 4.90 Å². The lowest BCUT2D eigenvalue weighted by Gasteiger charge is -2.41. The molecule has 0 amide bonds. The van der Waals surface area contributed by atoms with Crippen LogP contribution < -0.4 is 10.6 Å². The normalized spacial score (nSPS) is 18.8. The second-order valence-electron chi connectivity index (χ2n) is 6.27. The van der Waals surface area contributed by atoms with Gasteiger partial charge in [0.05, 0.1) is 5.60 Å². The van der Waals surface area contributed by atoms with Gasteiger partial charge in [0.25, 0.3) is 0 Å². The second kappa shape index (κ2) is 7.20. The summed E-state index contributed by atoms with van der Waals surface area (Å²) in [5, 5.41) is 0. The maximum absolute atomic E-state index is 5.99. The number of methoxy groups -OCH3 is 1. The van der Waals surface area contributed by atoms with Gasteiger partial charge >= 0.3 is 0 Å². The smallest absolute Gasteiger partial charge is 0.128 e. The van der Waals surface area contributed by atoms with E-state index < -0.39 is 0 Å². The number of piperazine rings is 1. The molecule has 5 heteroatoms. The second-order valence-corrected chi connectivity index (χ2v) is 6.27. The number of rotatable bonds is 6. The van der Waals surface area contributed by atoms with Crippen molar-refractivity contribution in [2.24, 2.45) is 5.73 Å². The number of nitrogens with zero attached hydrogens (tertiary/aromatic N) is 3. The maximum Gasteiger partial charge on any atom is 0.128 e. The van der Waals surface area contributed by atoms with Crippen LogP contribution in [0, 0.1) is 0 Å².